The molecule has 8 bridgehead atoms. The standard InChI is InChI=1S/C44H40O4/c45-43(27-13-5-9-21-7-1-3-11-25(21)27)47-41-33-20-34(42(41)48-44(46)28-14-6-10-22-8-2-4-12-26(22)28)40-32-19-31(39(33)40)37-29-18-30(38(32)37)36-24-16-15-23(17-24)35(29)36/h1-16,23-24,29-42H,17-20H2. The third-order valence-electron chi connectivity index (χ3n) is 15.7. The van der Waals surface area contributed by atoms with Gasteiger partial charge in [-0.1, -0.05) is 84.9 Å². The number of allylic oxidation sites excluding steroid dienone is 2. The molecular formula is C44H40O4. The highest BCUT2D eigenvalue weighted by Gasteiger charge is 2.77. The Balaban J connectivity index is 0.909. The fraction of sp³-hybridized carbons (Fsp3) is 0.455. The average Bonchev–Trinajstić information content (AvgIpc) is 3.98. The average molecular weight is 633 g/mol. The molecule has 0 N–H and O–H groups in total. The van der Waals surface area contributed by atoms with E-state index in [4.69, 9.17) is 9.47 Å². The van der Waals surface area contributed by atoms with Gasteiger partial charge < -0.3 is 9.47 Å². The molecule has 4 nitrogen and oxygen atoms in total. The molecule has 0 spiro atoms. The zero-order valence-corrected chi connectivity index (χ0v) is 26.9. The third kappa shape index (κ3) is 3.28. The van der Waals surface area contributed by atoms with Crippen LogP contribution in [0.1, 0.15) is 46.4 Å². The molecule has 7 fully saturated rings. The van der Waals surface area contributed by atoms with Gasteiger partial charge in [-0.25, -0.2) is 9.59 Å². The Labute approximate surface area is 280 Å². The molecular weight excluding hydrogens is 592 g/mol. The van der Waals surface area contributed by atoms with Crippen molar-refractivity contribution in [3.63, 3.8) is 0 Å². The van der Waals surface area contributed by atoms with Gasteiger partial charge in [-0.05, 0) is 130 Å². The van der Waals surface area contributed by atoms with E-state index in [0.29, 0.717) is 23.0 Å². The zero-order valence-electron chi connectivity index (χ0n) is 26.9. The maximum atomic E-state index is 14.1. The topological polar surface area (TPSA) is 52.6 Å². The lowest BCUT2D eigenvalue weighted by molar-refractivity contribution is -0.110. The minimum atomic E-state index is -0.406. The predicted octanol–water partition coefficient (Wildman–Crippen LogP) is 8.60. The van der Waals surface area contributed by atoms with Crippen molar-refractivity contribution in [3.05, 3.63) is 108 Å². The Morgan fingerprint density at radius 1 is 0.438 bits per heavy atom. The summed E-state index contributed by atoms with van der Waals surface area (Å²) in [6.45, 7) is 0. The van der Waals surface area contributed by atoms with E-state index in [1.807, 2.05) is 84.9 Å². The van der Waals surface area contributed by atoms with E-state index in [1.54, 1.807) is 0 Å². The lowest BCUT2D eigenvalue weighted by Gasteiger charge is -2.51. The molecule has 0 aromatic heterocycles. The van der Waals surface area contributed by atoms with Crippen LogP contribution in [0.3, 0.4) is 0 Å². The molecule has 240 valence electrons. The van der Waals surface area contributed by atoms with Gasteiger partial charge in [0.25, 0.3) is 0 Å². The lowest BCUT2D eigenvalue weighted by atomic mass is 9.55. The minimum Gasteiger partial charge on any atom is -0.454 e. The number of carbonyl (C=O) groups excluding carboxylic acids is 2. The van der Waals surface area contributed by atoms with Crippen molar-refractivity contribution in [1.29, 1.82) is 0 Å². The van der Waals surface area contributed by atoms with Gasteiger partial charge in [-0.15, -0.1) is 0 Å². The Bertz CT molecular complexity index is 1930. The van der Waals surface area contributed by atoms with E-state index in [-0.39, 0.29) is 23.8 Å². The molecule has 4 aromatic carbocycles. The Morgan fingerprint density at radius 3 is 1.33 bits per heavy atom. The molecule has 16 unspecified atom stereocenters. The first-order chi connectivity index (χ1) is 23.6. The van der Waals surface area contributed by atoms with Crippen LogP contribution in [-0.2, 0) is 9.47 Å². The third-order valence-corrected chi connectivity index (χ3v) is 15.7. The van der Waals surface area contributed by atoms with E-state index in [9.17, 15) is 9.59 Å². The van der Waals surface area contributed by atoms with Crippen molar-refractivity contribution < 1.29 is 19.1 Å². The second-order valence-electron chi connectivity index (χ2n) is 16.9. The summed E-state index contributed by atoms with van der Waals surface area (Å²) in [5, 5.41) is 3.88. The first-order valence-corrected chi connectivity index (χ1v) is 18.7. The number of ether oxygens (including phenoxy) is 2. The van der Waals surface area contributed by atoms with Gasteiger partial charge in [0.05, 0.1) is 11.1 Å². The molecule has 0 amide bonds. The maximum Gasteiger partial charge on any atom is 0.339 e. The summed E-state index contributed by atoms with van der Waals surface area (Å²) in [7, 11) is 0. The van der Waals surface area contributed by atoms with Gasteiger partial charge >= 0.3 is 11.9 Å². The summed E-state index contributed by atoms with van der Waals surface area (Å²) in [4.78, 5) is 28.3. The van der Waals surface area contributed by atoms with Crippen LogP contribution in [0.15, 0.2) is 97.1 Å². The van der Waals surface area contributed by atoms with Crippen molar-refractivity contribution in [3.8, 4) is 0 Å². The molecule has 4 heteroatoms. The van der Waals surface area contributed by atoms with Crippen molar-refractivity contribution in [2.45, 2.75) is 37.9 Å². The van der Waals surface area contributed by atoms with Crippen LogP contribution in [0.5, 0.6) is 0 Å². The Morgan fingerprint density at radius 2 is 0.833 bits per heavy atom. The fourth-order valence-electron chi connectivity index (χ4n) is 14.9. The number of hydrogen-bond donors (Lipinski definition) is 0. The molecule has 0 saturated heterocycles. The molecule has 16 atom stereocenters. The molecule has 0 radical (unpaired) electrons. The van der Waals surface area contributed by atoms with Crippen molar-refractivity contribution >= 4 is 33.5 Å². The summed E-state index contributed by atoms with van der Waals surface area (Å²) in [6.07, 6.45) is 9.57. The first kappa shape index (κ1) is 27.0. The van der Waals surface area contributed by atoms with Gasteiger partial charge in [0.1, 0.15) is 12.2 Å². The Kier molecular flexibility index (Phi) is 5.28. The smallest absolute Gasteiger partial charge is 0.339 e. The maximum absolute atomic E-state index is 14.1. The number of fused-ring (bicyclic) bond motifs is 25. The zero-order chi connectivity index (χ0) is 31.4. The largest absolute Gasteiger partial charge is 0.454 e. The quantitative estimate of drug-likeness (QED) is 0.128. The molecule has 7 saturated carbocycles. The summed E-state index contributed by atoms with van der Waals surface area (Å²) in [6, 6.07) is 27.8. The summed E-state index contributed by atoms with van der Waals surface area (Å²) in [5.74, 6) is 9.65. The predicted molar refractivity (Wildman–Crippen MR) is 183 cm³/mol. The highest BCUT2D eigenvalue weighted by Crippen LogP contribution is 2.81. The molecule has 8 aliphatic rings. The van der Waals surface area contributed by atoms with Crippen LogP contribution in [0.25, 0.3) is 21.5 Å². The van der Waals surface area contributed by atoms with Gasteiger partial charge in [0.15, 0.2) is 0 Å². The van der Waals surface area contributed by atoms with Crippen LogP contribution < -0.4 is 0 Å². The second-order valence-corrected chi connectivity index (χ2v) is 16.9. The molecule has 0 heterocycles. The second kappa shape index (κ2) is 9.40. The van der Waals surface area contributed by atoms with E-state index in [0.717, 1.165) is 87.1 Å². The van der Waals surface area contributed by atoms with Gasteiger partial charge in [-0.3, -0.25) is 0 Å². The summed E-state index contributed by atoms with van der Waals surface area (Å²) in [5.41, 5.74) is 1.20. The summed E-state index contributed by atoms with van der Waals surface area (Å²) < 4.78 is 13.3. The number of carbonyl (C=O) groups is 2. The van der Waals surface area contributed by atoms with Gasteiger partial charge in [-0.2, -0.15) is 0 Å². The van der Waals surface area contributed by atoms with Gasteiger partial charge in [0.2, 0.25) is 0 Å². The monoisotopic (exact) mass is 632 g/mol. The van der Waals surface area contributed by atoms with Crippen molar-refractivity contribution in [2.24, 2.45) is 82.9 Å². The van der Waals surface area contributed by atoms with Crippen LogP contribution in [0.4, 0.5) is 0 Å². The highest BCUT2D eigenvalue weighted by molar-refractivity contribution is 6.05. The molecule has 12 rings (SSSR count). The van der Waals surface area contributed by atoms with E-state index in [1.165, 1.54) is 19.3 Å². The number of benzene rings is 4. The minimum absolute atomic E-state index is 0.259. The fourth-order valence-corrected chi connectivity index (χ4v) is 14.9. The van der Waals surface area contributed by atoms with Gasteiger partial charge in [0, 0.05) is 11.8 Å². The normalized spacial score (nSPS) is 44.4. The van der Waals surface area contributed by atoms with Crippen molar-refractivity contribution in [1.82, 2.24) is 0 Å². The van der Waals surface area contributed by atoms with Crippen LogP contribution in [-0.4, -0.2) is 24.1 Å². The molecule has 8 aliphatic carbocycles. The van der Waals surface area contributed by atoms with Crippen LogP contribution >= 0.6 is 0 Å². The SMILES string of the molecule is O=C(OC1C2CC(C1OC(=O)c1cccc3ccccc13)C1C3CC(C21)C1C2CC(C4C5C=CC(C5)C24)C31)c1cccc2ccccc12. The lowest BCUT2D eigenvalue weighted by Crippen LogP contribution is -2.53. The van der Waals surface area contributed by atoms with E-state index in [2.05, 4.69) is 12.2 Å². The van der Waals surface area contributed by atoms with Crippen molar-refractivity contribution in [2.75, 3.05) is 0 Å². The Hall–Kier alpha value is -3.92. The van der Waals surface area contributed by atoms with Crippen LogP contribution in [0.2, 0.25) is 0 Å². The van der Waals surface area contributed by atoms with E-state index < -0.39 is 12.2 Å². The first-order valence-electron chi connectivity index (χ1n) is 18.7. The van der Waals surface area contributed by atoms with E-state index >= 15 is 0 Å². The number of rotatable bonds is 4. The van der Waals surface area contributed by atoms with Crippen LogP contribution in [0, 0.1) is 82.9 Å². The molecule has 0 aliphatic heterocycles. The highest BCUT2D eigenvalue weighted by atomic mass is 16.6. The molecule has 48 heavy (non-hydrogen) atoms. The number of esters is 2. The molecule has 4 aromatic rings. The number of hydrogen-bond acceptors (Lipinski definition) is 4. The summed E-state index contributed by atoms with van der Waals surface area (Å²) >= 11 is 0.